The Bertz CT molecular complexity index is 769. The fourth-order valence-electron chi connectivity index (χ4n) is 3.33. The molecular weight excluding hydrogens is 308 g/mol. The van der Waals surface area contributed by atoms with Gasteiger partial charge in [-0.25, -0.2) is 0 Å². The minimum absolute atomic E-state index is 0.0768. The predicted octanol–water partition coefficient (Wildman–Crippen LogP) is 1.61. The van der Waals surface area contributed by atoms with Crippen molar-refractivity contribution in [2.75, 3.05) is 0 Å². The van der Waals surface area contributed by atoms with Crippen molar-refractivity contribution in [3.8, 4) is 0 Å². The highest BCUT2D eigenvalue weighted by Crippen LogP contribution is 2.41. The van der Waals surface area contributed by atoms with Crippen LogP contribution in [0.15, 0.2) is 35.1 Å². The molecule has 4 rings (SSSR count). The molecule has 7 heteroatoms. The van der Waals surface area contributed by atoms with Gasteiger partial charge in [-0.1, -0.05) is 11.2 Å². The molecule has 24 heavy (non-hydrogen) atoms. The first-order valence-corrected chi connectivity index (χ1v) is 8.09. The Kier molecular flexibility index (Phi) is 3.55. The standard InChI is InChI=1S/C17H18N4O3/c1-10-7-14(20-24-10)17(23)19-13-8-15(22)21(12-4-5-12)16(13)11-3-2-6-18-9-11/h2-3,6-7,9,12-13,16H,4-5,8H2,1H3,(H,19,23)/t13-,16+/m1/s1. The molecule has 2 amide bonds. The molecule has 1 aliphatic carbocycles. The number of aromatic nitrogens is 2. The lowest BCUT2D eigenvalue weighted by Gasteiger charge is -2.28. The van der Waals surface area contributed by atoms with E-state index < -0.39 is 0 Å². The number of carbonyl (C=O) groups excluding carboxylic acids is 2. The normalized spacial score (nSPS) is 23.5. The maximum atomic E-state index is 12.5. The second-order valence-electron chi connectivity index (χ2n) is 6.37. The summed E-state index contributed by atoms with van der Waals surface area (Å²) in [6, 6.07) is 5.18. The summed E-state index contributed by atoms with van der Waals surface area (Å²) in [6.45, 7) is 1.73. The second-order valence-corrected chi connectivity index (χ2v) is 6.37. The molecule has 2 atom stereocenters. The molecule has 0 bridgehead atoms. The van der Waals surface area contributed by atoms with Crippen LogP contribution < -0.4 is 5.32 Å². The van der Waals surface area contributed by atoms with Crippen molar-refractivity contribution in [1.82, 2.24) is 20.4 Å². The quantitative estimate of drug-likeness (QED) is 0.922. The highest BCUT2D eigenvalue weighted by molar-refractivity contribution is 5.93. The number of nitrogens with one attached hydrogen (secondary N) is 1. The van der Waals surface area contributed by atoms with Crippen molar-refractivity contribution in [3.05, 3.63) is 47.6 Å². The third kappa shape index (κ3) is 2.66. The van der Waals surface area contributed by atoms with Crippen molar-refractivity contribution in [3.63, 3.8) is 0 Å². The molecule has 3 heterocycles. The van der Waals surface area contributed by atoms with E-state index in [4.69, 9.17) is 4.52 Å². The van der Waals surface area contributed by atoms with Gasteiger partial charge >= 0.3 is 0 Å². The number of pyridine rings is 1. The van der Waals surface area contributed by atoms with Crippen LogP contribution in [0.1, 0.15) is 47.1 Å². The summed E-state index contributed by atoms with van der Waals surface area (Å²) in [4.78, 5) is 31.0. The summed E-state index contributed by atoms with van der Waals surface area (Å²) in [5.74, 6) is 0.329. The zero-order chi connectivity index (χ0) is 16.7. The number of aryl methyl sites for hydroxylation is 1. The van der Waals surface area contributed by atoms with E-state index in [1.807, 2.05) is 17.0 Å². The van der Waals surface area contributed by atoms with E-state index in [-0.39, 0.29) is 35.6 Å². The van der Waals surface area contributed by atoms with E-state index in [2.05, 4.69) is 15.5 Å². The molecular formula is C17H18N4O3. The molecule has 0 unspecified atom stereocenters. The Hall–Kier alpha value is -2.70. The van der Waals surface area contributed by atoms with Crippen molar-refractivity contribution in [2.45, 2.75) is 44.3 Å². The topological polar surface area (TPSA) is 88.3 Å². The van der Waals surface area contributed by atoms with E-state index in [9.17, 15) is 9.59 Å². The average molecular weight is 326 g/mol. The summed E-state index contributed by atoms with van der Waals surface area (Å²) in [7, 11) is 0. The SMILES string of the molecule is Cc1cc(C(=O)N[C@@H]2CC(=O)N(C3CC3)[C@H]2c2cccnc2)no1. The Morgan fingerprint density at radius 3 is 2.88 bits per heavy atom. The third-order valence-electron chi connectivity index (χ3n) is 4.51. The van der Waals surface area contributed by atoms with E-state index >= 15 is 0 Å². The number of likely N-dealkylation sites (tertiary alicyclic amines) is 1. The van der Waals surface area contributed by atoms with Gasteiger partial charge < -0.3 is 14.7 Å². The van der Waals surface area contributed by atoms with Gasteiger partial charge in [0.05, 0.1) is 12.1 Å². The highest BCUT2D eigenvalue weighted by Gasteiger charge is 2.47. The fourth-order valence-corrected chi connectivity index (χ4v) is 3.33. The Morgan fingerprint density at radius 1 is 1.42 bits per heavy atom. The number of nitrogens with zero attached hydrogens (tertiary/aromatic N) is 3. The summed E-state index contributed by atoms with van der Waals surface area (Å²) in [6.07, 6.45) is 5.79. The van der Waals surface area contributed by atoms with E-state index in [0.717, 1.165) is 18.4 Å². The number of carbonyl (C=O) groups is 2. The van der Waals surface area contributed by atoms with Crippen LogP contribution in [0.4, 0.5) is 0 Å². The summed E-state index contributed by atoms with van der Waals surface area (Å²) in [5.41, 5.74) is 1.17. The Labute approximate surface area is 139 Å². The van der Waals surface area contributed by atoms with Crippen molar-refractivity contribution in [2.24, 2.45) is 0 Å². The van der Waals surface area contributed by atoms with Gasteiger partial charge in [0.25, 0.3) is 5.91 Å². The van der Waals surface area contributed by atoms with Crippen molar-refractivity contribution >= 4 is 11.8 Å². The van der Waals surface area contributed by atoms with Crippen LogP contribution >= 0.6 is 0 Å². The van der Waals surface area contributed by atoms with Crippen LogP contribution in [-0.2, 0) is 4.79 Å². The first-order valence-electron chi connectivity index (χ1n) is 8.09. The van der Waals surface area contributed by atoms with Gasteiger partial charge in [-0.2, -0.15) is 0 Å². The van der Waals surface area contributed by atoms with E-state index in [1.165, 1.54) is 0 Å². The van der Waals surface area contributed by atoms with Gasteiger partial charge in [0.15, 0.2) is 5.69 Å². The largest absolute Gasteiger partial charge is 0.361 e. The average Bonchev–Trinajstić information content (AvgIpc) is 3.23. The van der Waals surface area contributed by atoms with Crippen LogP contribution in [0.25, 0.3) is 0 Å². The summed E-state index contributed by atoms with van der Waals surface area (Å²) < 4.78 is 4.95. The smallest absolute Gasteiger partial charge is 0.273 e. The molecule has 2 aliphatic rings. The highest BCUT2D eigenvalue weighted by atomic mass is 16.5. The molecule has 0 spiro atoms. The zero-order valence-electron chi connectivity index (χ0n) is 13.3. The monoisotopic (exact) mass is 326 g/mol. The first kappa shape index (κ1) is 14.9. The lowest BCUT2D eigenvalue weighted by Crippen LogP contribution is -2.40. The Balaban J connectivity index is 1.60. The lowest BCUT2D eigenvalue weighted by atomic mass is 10.0. The van der Waals surface area contributed by atoms with Gasteiger partial charge in [-0.15, -0.1) is 0 Å². The number of amides is 2. The fraction of sp³-hybridized carbons (Fsp3) is 0.412. The van der Waals surface area contributed by atoms with Crippen LogP contribution in [0.2, 0.25) is 0 Å². The number of rotatable bonds is 4. The third-order valence-corrected chi connectivity index (χ3v) is 4.51. The van der Waals surface area contributed by atoms with Crippen LogP contribution in [0.3, 0.4) is 0 Å². The molecule has 124 valence electrons. The molecule has 0 aromatic carbocycles. The molecule has 7 nitrogen and oxygen atoms in total. The van der Waals surface area contributed by atoms with Crippen molar-refractivity contribution in [1.29, 1.82) is 0 Å². The molecule has 1 saturated carbocycles. The molecule has 0 radical (unpaired) electrons. The molecule has 2 aromatic rings. The number of hydrogen-bond donors (Lipinski definition) is 1. The second kappa shape index (κ2) is 5.74. The van der Waals surface area contributed by atoms with Crippen LogP contribution in [-0.4, -0.2) is 38.9 Å². The van der Waals surface area contributed by atoms with E-state index in [0.29, 0.717) is 12.2 Å². The zero-order valence-corrected chi connectivity index (χ0v) is 13.3. The van der Waals surface area contributed by atoms with Crippen LogP contribution in [0, 0.1) is 6.92 Å². The molecule has 2 aromatic heterocycles. The maximum absolute atomic E-state index is 12.5. The van der Waals surface area contributed by atoms with Crippen molar-refractivity contribution < 1.29 is 14.1 Å². The van der Waals surface area contributed by atoms with Gasteiger partial charge in [0.2, 0.25) is 5.91 Å². The predicted molar refractivity (Wildman–Crippen MR) is 84.0 cm³/mol. The molecule has 2 fully saturated rings. The first-order chi connectivity index (χ1) is 11.6. The minimum Gasteiger partial charge on any atom is -0.361 e. The number of hydrogen-bond acceptors (Lipinski definition) is 5. The summed E-state index contributed by atoms with van der Waals surface area (Å²) in [5, 5.41) is 6.69. The Morgan fingerprint density at radius 2 is 2.25 bits per heavy atom. The van der Waals surface area contributed by atoms with Gasteiger partial charge in [0.1, 0.15) is 5.76 Å². The lowest BCUT2D eigenvalue weighted by molar-refractivity contribution is -0.129. The molecule has 1 saturated heterocycles. The molecule has 1 N–H and O–H groups in total. The van der Waals surface area contributed by atoms with E-state index in [1.54, 1.807) is 25.4 Å². The van der Waals surface area contributed by atoms with Gasteiger partial charge in [-0.05, 0) is 31.4 Å². The van der Waals surface area contributed by atoms with Gasteiger partial charge in [0, 0.05) is 30.9 Å². The maximum Gasteiger partial charge on any atom is 0.273 e. The van der Waals surface area contributed by atoms with Crippen LogP contribution in [0.5, 0.6) is 0 Å². The molecule has 1 aliphatic heterocycles. The minimum atomic E-state index is -0.323. The summed E-state index contributed by atoms with van der Waals surface area (Å²) >= 11 is 0. The van der Waals surface area contributed by atoms with Gasteiger partial charge in [-0.3, -0.25) is 14.6 Å².